The Kier molecular flexibility index (Phi) is 0.951. The van der Waals surface area contributed by atoms with Crippen LogP contribution in [0.15, 0.2) is 6.20 Å². The highest BCUT2D eigenvalue weighted by molar-refractivity contribution is 5.28. The Labute approximate surface area is 59.8 Å². The monoisotopic (exact) mass is 137 g/mol. The van der Waals surface area contributed by atoms with Gasteiger partial charge in [-0.2, -0.15) is 5.10 Å². The highest BCUT2D eigenvalue weighted by Gasteiger charge is 2.30. The molecule has 0 bridgehead atoms. The predicted octanol–water partition coefficient (Wildman–Crippen LogP) is 0.748. The maximum atomic E-state index is 3.97. The summed E-state index contributed by atoms with van der Waals surface area (Å²) >= 11 is 0. The normalized spacial score (nSPS) is 21.0. The summed E-state index contributed by atoms with van der Waals surface area (Å²) in [5, 5.41) is 10.3. The van der Waals surface area contributed by atoms with Crippen LogP contribution in [0, 0.1) is 0 Å². The molecule has 0 unspecified atom stereocenters. The minimum atomic E-state index is 0.0891. The van der Waals surface area contributed by atoms with Crippen LogP contribution in [0.5, 0.6) is 0 Å². The summed E-state index contributed by atoms with van der Waals surface area (Å²) in [6.45, 7) is 5.24. The zero-order chi connectivity index (χ0) is 7.19. The third-order valence-corrected chi connectivity index (χ3v) is 2.06. The fourth-order valence-electron chi connectivity index (χ4n) is 1.39. The molecule has 2 N–H and O–H groups in total. The van der Waals surface area contributed by atoms with Crippen LogP contribution in [0.3, 0.4) is 0 Å². The van der Waals surface area contributed by atoms with Crippen LogP contribution in [0.4, 0.5) is 0 Å². The van der Waals surface area contributed by atoms with E-state index in [-0.39, 0.29) is 5.54 Å². The van der Waals surface area contributed by atoms with E-state index in [1.807, 2.05) is 6.20 Å². The third kappa shape index (κ3) is 0.609. The smallest absolute Gasteiger partial charge is 0.0592 e. The van der Waals surface area contributed by atoms with Crippen LogP contribution < -0.4 is 5.32 Å². The zero-order valence-corrected chi connectivity index (χ0v) is 6.23. The zero-order valence-electron chi connectivity index (χ0n) is 6.23. The Morgan fingerprint density at radius 1 is 1.60 bits per heavy atom. The Morgan fingerprint density at radius 3 is 3.10 bits per heavy atom. The van der Waals surface area contributed by atoms with E-state index in [4.69, 9.17) is 0 Å². The minimum Gasteiger partial charge on any atom is -0.302 e. The summed E-state index contributed by atoms with van der Waals surface area (Å²) in [4.78, 5) is 0. The molecule has 1 aromatic heterocycles. The number of aromatic nitrogens is 2. The number of nitrogens with zero attached hydrogens (tertiary/aromatic N) is 1. The fraction of sp³-hybridized carbons (Fsp3) is 0.571. The number of H-pyrrole nitrogens is 1. The quantitative estimate of drug-likeness (QED) is 0.554. The van der Waals surface area contributed by atoms with Crippen molar-refractivity contribution in [2.24, 2.45) is 0 Å². The number of hydrogen-bond donors (Lipinski definition) is 2. The first-order chi connectivity index (χ1) is 4.70. The summed E-state index contributed by atoms with van der Waals surface area (Å²) in [6.07, 6.45) is 1.89. The lowest BCUT2D eigenvalue weighted by Gasteiger charge is -2.17. The molecule has 3 nitrogen and oxygen atoms in total. The second-order valence-corrected chi connectivity index (χ2v) is 3.25. The molecule has 0 spiro atoms. The standard InChI is InChI=1S/C7H11N3/c1-7(2)6-5(3-8-7)4-9-10-6/h4,8H,3H2,1-2H3,(H,9,10). The number of rotatable bonds is 0. The lowest BCUT2D eigenvalue weighted by Crippen LogP contribution is -2.29. The first-order valence-electron chi connectivity index (χ1n) is 3.48. The van der Waals surface area contributed by atoms with Gasteiger partial charge in [-0.1, -0.05) is 0 Å². The maximum absolute atomic E-state index is 3.97. The molecule has 0 fully saturated rings. The number of aromatic amines is 1. The van der Waals surface area contributed by atoms with Gasteiger partial charge in [0.25, 0.3) is 0 Å². The molecule has 0 saturated heterocycles. The minimum absolute atomic E-state index is 0.0891. The molecule has 2 rings (SSSR count). The summed E-state index contributed by atoms with van der Waals surface area (Å²) in [7, 11) is 0. The van der Waals surface area contributed by atoms with Gasteiger partial charge in [0, 0.05) is 12.1 Å². The average Bonchev–Trinajstić information content (AvgIpc) is 2.36. The van der Waals surface area contributed by atoms with E-state index in [1.165, 1.54) is 11.3 Å². The van der Waals surface area contributed by atoms with Crippen LogP contribution in [0.2, 0.25) is 0 Å². The van der Waals surface area contributed by atoms with Crippen molar-refractivity contribution in [2.45, 2.75) is 25.9 Å². The topological polar surface area (TPSA) is 40.7 Å². The van der Waals surface area contributed by atoms with Gasteiger partial charge in [0.05, 0.1) is 17.4 Å². The molecule has 0 saturated carbocycles. The van der Waals surface area contributed by atoms with Crippen molar-refractivity contribution in [3.05, 3.63) is 17.5 Å². The second-order valence-electron chi connectivity index (χ2n) is 3.25. The van der Waals surface area contributed by atoms with E-state index >= 15 is 0 Å². The molecule has 0 aromatic carbocycles. The Bertz CT molecular complexity index is 249. The van der Waals surface area contributed by atoms with Crippen molar-refractivity contribution in [1.82, 2.24) is 15.5 Å². The summed E-state index contributed by atoms with van der Waals surface area (Å²) in [5.74, 6) is 0. The summed E-state index contributed by atoms with van der Waals surface area (Å²) < 4.78 is 0. The Balaban J connectivity index is 2.54. The van der Waals surface area contributed by atoms with Crippen molar-refractivity contribution >= 4 is 0 Å². The van der Waals surface area contributed by atoms with Gasteiger partial charge in [-0.15, -0.1) is 0 Å². The molecule has 0 atom stereocenters. The third-order valence-electron chi connectivity index (χ3n) is 2.06. The lowest BCUT2D eigenvalue weighted by atomic mass is 10.0. The molecule has 2 heterocycles. The molecule has 0 amide bonds. The molecule has 54 valence electrons. The molecule has 10 heavy (non-hydrogen) atoms. The molecule has 0 aliphatic carbocycles. The number of hydrogen-bond acceptors (Lipinski definition) is 2. The van der Waals surface area contributed by atoms with Crippen molar-refractivity contribution in [3.8, 4) is 0 Å². The van der Waals surface area contributed by atoms with Crippen LogP contribution >= 0.6 is 0 Å². The number of nitrogens with one attached hydrogen (secondary N) is 2. The largest absolute Gasteiger partial charge is 0.302 e. The highest BCUT2D eigenvalue weighted by atomic mass is 15.2. The van der Waals surface area contributed by atoms with Crippen LogP contribution in [-0.4, -0.2) is 10.2 Å². The summed E-state index contributed by atoms with van der Waals surface area (Å²) in [5.41, 5.74) is 2.61. The van der Waals surface area contributed by atoms with Crippen LogP contribution in [0.25, 0.3) is 0 Å². The van der Waals surface area contributed by atoms with Gasteiger partial charge in [0.2, 0.25) is 0 Å². The Hall–Kier alpha value is -0.830. The van der Waals surface area contributed by atoms with E-state index in [1.54, 1.807) is 0 Å². The molecule has 1 aromatic rings. The van der Waals surface area contributed by atoms with E-state index < -0.39 is 0 Å². The fourth-order valence-corrected chi connectivity index (χ4v) is 1.39. The van der Waals surface area contributed by atoms with Crippen LogP contribution in [0.1, 0.15) is 25.1 Å². The average molecular weight is 137 g/mol. The second kappa shape index (κ2) is 1.61. The molecular weight excluding hydrogens is 126 g/mol. The van der Waals surface area contributed by atoms with Gasteiger partial charge >= 0.3 is 0 Å². The number of fused-ring (bicyclic) bond motifs is 1. The van der Waals surface area contributed by atoms with Crippen molar-refractivity contribution in [2.75, 3.05) is 0 Å². The molecule has 1 aliphatic heterocycles. The van der Waals surface area contributed by atoms with Gasteiger partial charge in [-0.3, -0.25) is 5.10 Å². The van der Waals surface area contributed by atoms with E-state index in [9.17, 15) is 0 Å². The van der Waals surface area contributed by atoms with Gasteiger partial charge in [0.15, 0.2) is 0 Å². The van der Waals surface area contributed by atoms with Gasteiger partial charge in [-0.25, -0.2) is 0 Å². The molecule has 3 heteroatoms. The van der Waals surface area contributed by atoms with E-state index in [0.29, 0.717) is 0 Å². The van der Waals surface area contributed by atoms with E-state index in [2.05, 4.69) is 29.4 Å². The first-order valence-corrected chi connectivity index (χ1v) is 3.48. The van der Waals surface area contributed by atoms with Crippen molar-refractivity contribution < 1.29 is 0 Å². The SMILES string of the molecule is CC1(C)NCc2cn[nH]c21. The van der Waals surface area contributed by atoms with Gasteiger partial charge in [0.1, 0.15) is 0 Å². The molecule has 1 aliphatic rings. The van der Waals surface area contributed by atoms with Gasteiger partial charge in [-0.05, 0) is 13.8 Å². The predicted molar refractivity (Wildman–Crippen MR) is 38.5 cm³/mol. The van der Waals surface area contributed by atoms with Crippen LogP contribution in [-0.2, 0) is 12.1 Å². The molecule has 0 radical (unpaired) electrons. The lowest BCUT2D eigenvalue weighted by molar-refractivity contribution is 0.429. The van der Waals surface area contributed by atoms with Crippen molar-refractivity contribution in [3.63, 3.8) is 0 Å². The highest BCUT2D eigenvalue weighted by Crippen LogP contribution is 2.27. The first kappa shape index (κ1) is 5.92. The summed E-state index contributed by atoms with van der Waals surface area (Å²) in [6, 6.07) is 0. The van der Waals surface area contributed by atoms with Gasteiger partial charge < -0.3 is 5.32 Å². The van der Waals surface area contributed by atoms with Crippen molar-refractivity contribution in [1.29, 1.82) is 0 Å². The maximum Gasteiger partial charge on any atom is 0.0592 e. The Morgan fingerprint density at radius 2 is 2.40 bits per heavy atom. The van der Waals surface area contributed by atoms with E-state index in [0.717, 1.165) is 6.54 Å². The molecular formula is C7H11N3.